The average Bonchev–Trinajstić information content (AvgIpc) is 2.53. The maximum atomic E-state index is 12.1. The Kier molecular flexibility index (Phi) is 5.24. The summed E-state index contributed by atoms with van der Waals surface area (Å²) in [6.07, 6.45) is 0. The number of nitrogens with two attached hydrogens (primary N) is 1. The summed E-state index contributed by atoms with van der Waals surface area (Å²) >= 11 is 0. The largest absolute Gasteiger partial charge is 0.435 e. The molecule has 0 spiro atoms. The maximum absolute atomic E-state index is 12.1. The highest BCUT2D eigenvalue weighted by atomic mass is 19.3. The number of ether oxygens (including phenoxy) is 1. The molecule has 0 aromatic heterocycles. The van der Waals surface area contributed by atoms with Crippen LogP contribution in [0.15, 0.2) is 53.6 Å². The van der Waals surface area contributed by atoms with Crippen molar-refractivity contribution in [2.75, 3.05) is 5.73 Å². The molecule has 0 aliphatic rings. The van der Waals surface area contributed by atoms with E-state index >= 15 is 0 Å². The van der Waals surface area contributed by atoms with Crippen LogP contribution in [-0.2, 0) is 0 Å². The number of carbonyl (C=O) groups excluding carboxylic acids is 1. The SMILES string of the molecule is C/C(=N\NC(=O)c1ccc(N)cc1)c1ccc(OC(F)F)cc1. The zero-order valence-corrected chi connectivity index (χ0v) is 12.3. The molecule has 0 radical (unpaired) electrons. The van der Waals surface area contributed by atoms with Gasteiger partial charge in [0.05, 0.1) is 5.71 Å². The molecule has 0 saturated carbocycles. The van der Waals surface area contributed by atoms with Crippen molar-refractivity contribution in [3.05, 3.63) is 59.7 Å². The number of anilines is 1. The van der Waals surface area contributed by atoms with Crippen molar-refractivity contribution in [2.24, 2.45) is 5.10 Å². The first-order valence-corrected chi connectivity index (χ1v) is 6.71. The fourth-order valence-electron chi connectivity index (χ4n) is 1.78. The molecular formula is C16H15F2N3O2. The molecule has 1 amide bonds. The van der Waals surface area contributed by atoms with Gasteiger partial charge in [-0.1, -0.05) is 0 Å². The summed E-state index contributed by atoms with van der Waals surface area (Å²) in [5.41, 5.74) is 10.2. The molecule has 0 fully saturated rings. The molecule has 120 valence electrons. The second-order valence-corrected chi connectivity index (χ2v) is 4.66. The van der Waals surface area contributed by atoms with Crippen molar-refractivity contribution < 1.29 is 18.3 Å². The van der Waals surface area contributed by atoms with Gasteiger partial charge in [-0.25, -0.2) is 5.43 Å². The second kappa shape index (κ2) is 7.35. The van der Waals surface area contributed by atoms with Crippen molar-refractivity contribution in [3.63, 3.8) is 0 Å². The van der Waals surface area contributed by atoms with Crippen LogP contribution in [0.1, 0.15) is 22.8 Å². The van der Waals surface area contributed by atoms with Crippen LogP contribution in [-0.4, -0.2) is 18.2 Å². The lowest BCUT2D eigenvalue weighted by Crippen LogP contribution is -2.19. The minimum absolute atomic E-state index is 0.0578. The number of nitrogen functional groups attached to an aromatic ring is 1. The van der Waals surface area contributed by atoms with Gasteiger partial charge < -0.3 is 10.5 Å². The minimum Gasteiger partial charge on any atom is -0.435 e. The van der Waals surface area contributed by atoms with Crippen LogP contribution in [0.2, 0.25) is 0 Å². The molecule has 0 saturated heterocycles. The molecular weight excluding hydrogens is 304 g/mol. The number of nitrogens with one attached hydrogen (secondary N) is 1. The fraction of sp³-hybridized carbons (Fsp3) is 0.125. The first-order chi connectivity index (χ1) is 11.0. The van der Waals surface area contributed by atoms with Gasteiger partial charge >= 0.3 is 6.61 Å². The van der Waals surface area contributed by atoms with Crippen molar-refractivity contribution in [1.82, 2.24) is 5.43 Å². The van der Waals surface area contributed by atoms with E-state index in [0.717, 1.165) is 0 Å². The molecule has 0 aliphatic carbocycles. The number of hydrogen-bond acceptors (Lipinski definition) is 4. The van der Waals surface area contributed by atoms with Gasteiger partial charge in [-0.2, -0.15) is 13.9 Å². The normalized spacial score (nSPS) is 11.4. The standard InChI is InChI=1S/C16H15F2N3O2/c1-10(11-4-8-14(9-5-11)23-16(17)18)20-21-15(22)12-2-6-13(19)7-3-12/h2-9,16H,19H2,1H3,(H,21,22)/b20-10+. The Morgan fingerprint density at radius 2 is 1.65 bits per heavy atom. The minimum atomic E-state index is -2.87. The number of rotatable bonds is 5. The lowest BCUT2D eigenvalue weighted by Gasteiger charge is -2.06. The summed E-state index contributed by atoms with van der Waals surface area (Å²) in [4.78, 5) is 11.9. The molecule has 0 aliphatic heterocycles. The summed E-state index contributed by atoms with van der Waals surface area (Å²) < 4.78 is 28.4. The van der Waals surface area contributed by atoms with E-state index in [-0.39, 0.29) is 11.7 Å². The molecule has 0 atom stereocenters. The lowest BCUT2D eigenvalue weighted by atomic mass is 10.1. The number of halogens is 2. The van der Waals surface area contributed by atoms with E-state index in [0.29, 0.717) is 22.5 Å². The highest BCUT2D eigenvalue weighted by Crippen LogP contribution is 2.15. The molecule has 3 N–H and O–H groups in total. The van der Waals surface area contributed by atoms with Gasteiger partial charge in [-0.15, -0.1) is 0 Å². The predicted octanol–water partition coefficient (Wildman–Crippen LogP) is 3.02. The zero-order chi connectivity index (χ0) is 16.8. The smallest absolute Gasteiger partial charge is 0.387 e. The van der Waals surface area contributed by atoms with Gasteiger partial charge in [0, 0.05) is 11.3 Å². The number of hydrazone groups is 1. The number of nitrogens with zero attached hydrogens (tertiary/aromatic N) is 1. The Bertz CT molecular complexity index is 698. The summed E-state index contributed by atoms with van der Waals surface area (Å²) in [5.74, 6) is -0.315. The fourth-order valence-corrected chi connectivity index (χ4v) is 1.78. The van der Waals surface area contributed by atoms with Crippen LogP contribution in [0.3, 0.4) is 0 Å². The molecule has 5 nitrogen and oxygen atoms in total. The van der Waals surface area contributed by atoms with Gasteiger partial charge in [0.25, 0.3) is 5.91 Å². The lowest BCUT2D eigenvalue weighted by molar-refractivity contribution is -0.0498. The monoisotopic (exact) mass is 319 g/mol. The number of carbonyl (C=O) groups is 1. The number of hydrogen-bond donors (Lipinski definition) is 2. The van der Waals surface area contributed by atoms with E-state index in [9.17, 15) is 13.6 Å². The van der Waals surface area contributed by atoms with Crippen LogP contribution in [0, 0.1) is 0 Å². The third-order valence-corrected chi connectivity index (χ3v) is 3.00. The Hall–Kier alpha value is -2.96. The maximum Gasteiger partial charge on any atom is 0.387 e. The van der Waals surface area contributed by atoms with E-state index in [1.54, 1.807) is 43.3 Å². The second-order valence-electron chi connectivity index (χ2n) is 4.66. The van der Waals surface area contributed by atoms with Gasteiger partial charge in [-0.05, 0) is 61.0 Å². The van der Waals surface area contributed by atoms with E-state index in [1.807, 2.05) is 0 Å². The Morgan fingerprint density at radius 1 is 1.09 bits per heavy atom. The molecule has 2 aromatic rings. The van der Waals surface area contributed by atoms with Crippen LogP contribution in [0.4, 0.5) is 14.5 Å². The number of amides is 1. The number of alkyl halides is 2. The highest BCUT2D eigenvalue weighted by Gasteiger charge is 2.06. The van der Waals surface area contributed by atoms with Crippen LogP contribution >= 0.6 is 0 Å². The molecule has 2 rings (SSSR count). The van der Waals surface area contributed by atoms with Crippen molar-refractivity contribution in [3.8, 4) is 5.75 Å². The van der Waals surface area contributed by atoms with E-state index in [1.165, 1.54) is 12.1 Å². The van der Waals surface area contributed by atoms with Crippen molar-refractivity contribution in [2.45, 2.75) is 13.5 Å². The molecule has 7 heteroatoms. The first-order valence-electron chi connectivity index (χ1n) is 6.71. The van der Waals surface area contributed by atoms with E-state index in [2.05, 4.69) is 15.3 Å². The van der Waals surface area contributed by atoms with E-state index < -0.39 is 6.61 Å². The molecule has 0 heterocycles. The summed E-state index contributed by atoms with van der Waals surface area (Å²) in [6, 6.07) is 12.4. The summed E-state index contributed by atoms with van der Waals surface area (Å²) in [7, 11) is 0. The molecule has 0 unspecified atom stereocenters. The van der Waals surface area contributed by atoms with Crippen molar-refractivity contribution >= 4 is 17.3 Å². The average molecular weight is 319 g/mol. The Morgan fingerprint density at radius 3 is 2.22 bits per heavy atom. The summed E-state index contributed by atoms with van der Waals surface area (Å²) in [5, 5.41) is 3.98. The molecule has 2 aromatic carbocycles. The van der Waals surface area contributed by atoms with E-state index in [4.69, 9.17) is 5.73 Å². The highest BCUT2D eigenvalue weighted by molar-refractivity contribution is 6.01. The van der Waals surface area contributed by atoms with Crippen LogP contribution in [0.25, 0.3) is 0 Å². The van der Waals surface area contributed by atoms with Gasteiger partial charge in [0.1, 0.15) is 5.75 Å². The molecule has 0 bridgehead atoms. The quantitative estimate of drug-likeness (QED) is 0.505. The van der Waals surface area contributed by atoms with Gasteiger partial charge in [0.2, 0.25) is 0 Å². The predicted molar refractivity (Wildman–Crippen MR) is 83.6 cm³/mol. The van der Waals surface area contributed by atoms with Crippen LogP contribution in [0.5, 0.6) is 5.75 Å². The topological polar surface area (TPSA) is 76.7 Å². The number of benzene rings is 2. The molecule has 23 heavy (non-hydrogen) atoms. The van der Waals surface area contributed by atoms with Gasteiger partial charge in [-0.3, -0.25) is 4.79 Å². The first kappa shape index (κ1) is 16.4. The van der Waals surface area contributed by atoms with Crippen molar-refractivity contribution in [1.29, 1.82) is 0 Å². The van der Waals surface area contributed by atoms with Crippen LogP contribution < -0.4 is 15.9 Å². The Balaban J connectivity index is 2.01. The third-order valence-electron chi connectivity index (χ3n) is 3.00. The zero-order valence-electron chi connectivity index (χ0n) is 12.3. The summed E-state index contributed by atoms with van der Waals surface area (Å²) in [6.45, 7) is -1.18. The third kappa shape index (κ3) is 4.77. The van der Waals surface area contributed by atoms with Gasteiger partial charge in [0.15, 0.2) is 0 Å². The Labute approximate surface area is 131 Å².